The van der Waals surface area contributed by atoms with Crippen LogP contribution in [0.4, 0.5) is 20.2 Å². The van der Waals surface area contributed by atoms with Gasteiger partial charge in [0, 0.05) is 24.3 Å². The number of nitro benzene ring substituents is 2. The van der Waals surface area contributed by atoms with Crippen LogP contribution in [-0.4, -0.2) is 33.0 Å². The van der Waals surface area contributed by atoms with Crippen LogP contribution < -0.4 is 0 Å². The number of carbonyl (C=O) groups excluding carboxylic acids is 1. The molecule has 0 aliphatic heterocycles. The molecule has 2 aromatic carbocycles. The van der Waals surface area contributed by atoms with Crippen LogP contribution in [0.3, 0.4) is 0 Å². The molecular weight excluding hydrogens is 398 g/mol. The van der Waals surface area contributed by atoms with Gasteiger partial charge in [0.15, 0.2) is 0 Å². The van der Waals surface area contributed by atoms with E-state index in [0.717, 1.165) is 30.3 Å². The predicted molar refractivity (Wildman–Crippen MR) is 93.6 cm³/mol. The number of aromatic carboxylic acids is 1. The van der Waals surface area contributed by atoms with Gasteiger partial charge in [-0.1, -0.05) is 0 Å². The fourth-order valence-electron chi connectivity index (χ4n) is 1.85. The number of non-ortho nitro benzene ring substituents is 2. The Bertz CT molecular complexity index is 962. The van der Waals surface area contributed by atoms with E-state index in [1.807, 2.05) is 0 Å². The summed E-state index contributed by atoms with van der Waals surface area (Å²) in [6.45, 7) is 3.21. The van der Waals surface area contributed by atoms with Crippen LogP contribution in [-0.2, 0) is 4.74 Å². The highest BCUT2D eigenvalue weighted by molar-refractivity contribution is 5.90. The maximum absolute atomic E-state index is 13.2. The normalized spacial score (nSPS) is 9.97. The molecule has 0 heterocycles. The number of carboxylic acid groups (broad SMARTS) is 1. The molecule has 0 spiro atoms. The summed E-state index contributed by atoms with van der Waals surface area (Å²) in [7, 11) is 0. The van der Waals surface area contributed by atoms with E-state index in [1.54, 1.807) is 13.8 Å². The minimum absolute atomic E-state index is 0.350. The van der Waals surface area contributed by atoms with Gasteiger partial charge in [0.25, 0.3) is 11.4 Å². The molecule has 0 amide bonds. The van der Waals surface area contributed by atoms with Gasteiger partial charge in [-0.25, -0.2) is 18.4 Å². The highest BCUT2D eigenvalue weighted by Gasteiger charge is 2.19. The van der Waals surface area contributed by atoms with E-state index < -0.39 is 56.3 Å². The van der Waals surface area contributed by atoms with E-state index >= 15 is 0 Å². The Hall–Kier alpha value is -3.96. The molecule has 12 heteroatoms. The van der Waals surface area contributed by atoms with Crippen LogP contribution >= 0.6 is 0 Å². The molecule has 2 rings (SSSR count). The van der Waals surface area contributed by atoms with Crippen molar-refractivity contribution in [2.24, 2.45) is 0 Å². The second-order valence-electron chi connectivity index (χ2n) is 5.60. The van der Waals surface area contributed by atoms with Gasteiger partial charge in [0.2, 0.25) is 0 Å². The van der Waals surface area contributed by atoms with Crippen molar-refractivity contribution in [2.75, 3.05) is 0 Å². The number of carbonyl (C=O) groups is 2. The maximum Gasteiger partial charge on any atom is 0.341 e. The van der Waals surface area contributed by atoms with Crippen molar-refractivity contribution >= 4 is 23.3 Å². The number of hydrogen-bond donors (Lipinski definition) is 1. The molecule has 0 saturated carbocycles. The van der Waals surface area contributed by atoms with Crippen LogP contribution in [0.25, 0.3) is 0 Å². The Kier molecular flexibility index (Phi) is 7.82. The standard InChI is InChI=1S/C10H10FNO4.C7H4FNO4/c1-6(2)16-10(13)8-5-7(12(14)15)3-4-9(8)11;8-6-2-1-4(9(12)13)3-5(6)7(10)11/h3-6H,1-2H3;1-3H,(H,10,11). The highest BCUT2D eigenvalue weighted by Crippen LogP contribution is 2.18. The molecule has 0 fully saturated rings. The monoisotopic (exact) mass is 412 g/mol. The summed E-state index contributed by atoms with van der Waals surface area (Å²) in [6, 6.07) is 5.05. The van der Waals surface area contributed by atoms with Gasteiger partial charge >= 0.3 is 11.9 Å². The van der Waals surface area contributed by atoms with Gasteiger partial charge in [-0.05, 0) is 26.0 Å². The predicted octanol–water partition coefficient (Wildman–Crippen LogP) is 3.73. The molecule has 0 radical (unpaired) electrons. The number of nitro groups is 2. The number of esters is 1. The topological polar surface area (TPSA) is 150 Å². The third-order valence-corrected chi connectivity index (χ3v) is 3.11. The number of benzene rings is 2. The molecule has 0 aliphatic carbocycles. The summed E-state index contributed by atoms with van der Waals surface area (Å²) in [5, 5.41) is 29.0. The first-order chi connectivity index (χ1) is 13.4. The number of halogens is 2. The third kappa shape index (κ3) is 6.61. The largest absolute Gasteiger partial charge is 0.478 e. The van der Waals surface area contributed by atoms with E-state index in [9.17, 15) is 38.6 Å². The fourth-order valence-corrected chi connectivity index (χ4v) is 1.85. The van der Waals surface area contributed by atoms with Crippen molar-refractivity contribution in [1.29, 1.82) is 0 Å². The van der Waals surface area contributed by atoms with Crippen molar-refractivity contribution in [2.45, 2.75) is 20.0 Å². The van der Waals surface area contributed by atoms with Crippen molar-refractivity contribution in [3.05, 3.63) is 79.4 Å². The molecule has 10 nitrogen and oxygen atoms in total. The van der Waals surface area contributed by atoms with Gasteiger partial charge in [-0.3, -0.25) is 20.2 Å². The average Bonchev–Trinajstić information content (AvgIpc) is 2.61. The third-order valence-electron chi connectivity index (χ3n) is 3.11. The zero-order valence-electron chi connectivity index (χ0n) is 15.0. The van der Waals surface area contributed by atoms with E-state index in [2.05, 4.69) is 0 Å². The summed E-state index contributed by atoms with van der Waals surface area (Å²) in [5.74, 6) is -4.26. The van der Waals surface area contributed by atoms with Crippen LogP contribution in [0.1, 0.15) is 34.6 Å². The number of nitrogens with zero attached hydrogens (tertiary/aromatic N) is 2. The lowest BCUT2D eigenvalue weighted by atomic mass is 10.2. The minimum atomic E-state index is -1.53. The second kappa shape index (κ2) is 9.82. The van der Waals surface area contributed by atoms with Crippen molar-refractivity contribution in [3.63, 3.8) is 0 Å². The summed E-state index contributed by atoms with van der Waals surface area (Å²) in [4.78, 5) is 40.8. The average molecular weight is 412 g/mol. The molecule has 0 saturated heterocycles. The first-order valence-electron chi connectivity index (χ1n) is 7.76. The van der Waals surface area contributed by atoms with E-state index in [1.165, 1.54) is 0 Å². The SMILES string of the molecule is CC(C)OC(=O)c1cc([N+](=O)[O-])ccc1F.O=C(O)c1cc([N+](=O)[O-])ccc1F. The summed E-state index contributed by atoms with van der Waals surface area (Å²) < 4.78 is 30.6. The van der Waals surface area contributed by atoms with Crippen molar-refractivity contribution in [3.8, 4) is 0 Å². The molecule has 1 N–H and O–H groups in total. The number of ether oxygens (including phenoxy) is 1. The van der Waals surface area contributed by atoms with Gasteiger partial charge in [-0.15, -0.1) is 0 Å². The Morgan fingerprint density at radius 1 is 0.931 bits per heavy atom. The number of hydrogen-bond acceptors (Lipinski definition) is 7. The smallest absolute Gasteiger partial charge is 0.341 e. The Balaban J connectivity index is 0.000000296. The zero-order valence-corrected chi connectivity index (χ0v) is 15.0. The molecule has 0 unspecified atom stereocenters. The van der Waals surface area contributed by atoms with E-state index in [-0.39, 0.29) is 5.69 Å². The maximum atomic E-state index is 13.2. The van der Waals surface area contributed by atoms with Crippen molar-refractivity contribution < 1.29 is 38.1 Å². The first kappa shape index (κ1) is 23.1. The second-order valence-corrected chi connectivity index (χ2v) is 5.60. The molecule has 0 aliphatic rings. The fraction of sp³-hybridized carbons (Fsp3) is 0.176. The minimum Gasteiger partial charge on any atom is -0.478 e. The number of rotatable bonds is 5. The van der Waals surface area contributed by atoms with Gasteiger partial charge in [0.1, 0.15) is 22.8 Å². The van der Waals surface area contributed by atoms with Crippen LogP contribution in [0.15, 0.2) is 36.4 Å². The summed E-state index contributed by atoms with van der Waals surface area (Å²) in [5.41, 5.74) is -1.92. The molecular formula is C17H14F2N2O8. The van der Waals surface area contributed by atoms with Crippen LogP contribution in [0.2, 0.25) is 0 Å². The van der Waals surface area contributed by atoms with Crippen LogP contribution in [0, 0.1) is 31.9 Å². The summed E-state index contributed by atoms with van der Waals surface area (Å²) in [6.07, 6.45) is -0.411. The van der Waals surface area contributed by atoms with Crippen molar-refractivity contribution in [1.82, 2.24) is 0 Å². The van der Waals surface area contributed by atoms with Gasteiger partial charge < -0.3 is 9.84 Å². The molecule has 29 heavy (non-hydrogen) atoms. The van der Waals surface area contributed by atoms with E-state index in [4.69, 9.17) is 9.84 Å². The zero-order chi connectivity index (χ0) is 22.3. The quantitative estimate of drug-likeness (QED) is 0.443. The Morgan fingerprint density at radius 3 is 1.72 bits per heavy atom. The van der Waals surface area contributed by atoms with Gasteiger partial charge in [0.05, 0.1) is 16.0 Å². The number of carboxylic acids is 1. The molecule has 2 aromatic rings. The molecule has 154 valence electrons. The van der Waals surface area contributed by atoms with Crippen LogP contribution in [0.5, 0.6) is 0 Å². The highest BCUT2D eigenvalue weighted by atomic mass is 19.1. The molecule has 0 bridgehead atoms. The first-order valence-corrected chi connectivity index (χ1v) is 7.76. The Labute approximate surface area is 161 Å². The summed E-state index contributed by atoms with van der Waals surface area (Å²) >= 11 is 0. The lowest BCUT2D eigenvalue weighted by molar-refractivity contribution is -0.385. The lowest BCUT2D eigenvalue weighted by Crippen LogP contribution is -2.13. The lowest BCUT2D eigenvalue weighted by Gasteiger charge is -2.08. The molecule has 0 atom stereocenters. The van der Waals surface area contributed by atoms with E-state index in [0.29, 0.717) is 6.07 Å². The Morgan fingerprint density at radius 2 is 1.34 bits per heavy atom. The van der Waals surface area contributed by atoms with Gasteiger partial charge in [-0.2, -0.15) is 0 Å². The molecule has 0 aromatic heterocycles.